The molecule has 1 aromatic heterocycles. The summed E-state index contributed by atoms with van der Waals surface area (Å²) in [6.07, 6.45) is 5.15. The van der Waals surface area contributed by atoms with Gasteiger partial charge in [-0.25, -0.2) is 17.9 Å². The molecule has 2 heterocycles. The number of rotatable bonds is 9. The Hall–Kier alpha value is -2.19. The van der Waals surface area contributed by atoms with Crippen LogP contribution >= 0.6 is 12.4 Å². The Morgan fingerprint density at radius 2 is 1.72 bits per heavy atom. The molecular weight excluding hydrogens is 448 g/mol. The first kappa shape index (κ1) is 24.5. The molecule has 0 saturated carbocycles. The smallest absolute Gasteiger partial charge is 0.336 e. The van der Waals surface area contributed by atoms with E-state index in [1.807, 2.05) is 0 Å². The van der Waals surface area contributed by atoms with Crippen molar-refractivity contribution in [2.45, 2.75) is 43.5 Å². The van der Waals surface area contributed by atoms with Crippen molar-refractivity contribution in [1.29, 1.82) is 0 Å². The second kappa shape index (κ2) is 11.1. The Kier molecular flexibility index (Phi) is 8.48. The molecule has 3 aromatic rings. The van der Waals surface area contributed by atoms with E-state index in [9.17, 15) is 13.2 Å². The van der Waals surface area contributed by atoms with Gasteiger partial charge in [0.25, 0.3) is 0 Å². The lowest BCUT2D eigenvalue weighted by Gasteiger charge is -2.28. The number of halogens is 1. The van der Waals surface area contributed by atoms with E-state index < -0.39 is 15.6 Å². The molecule has 2 aromatic carbocycles. The molecule has 0 bridgehead atoms. The van der Waals surface area contributed by atoms with Gasteiger partial charge < -0.3 is 4.42 Å². The van der Waals surface area contributed by atoms with Crippen molar-refractivity contribution in [1.82, 2.24) is 9.62 Å². The van der Waals surface area contributed by atoms with Gasteiger partial charge in [0, 0.05) is 31.1 Å². The number of unbranched alkanes of at least 4 members (excludes halogenated alkanes) is 3. The largest absolute Gasteiger partial charge is 0.423 e. The lowest BCUT2D eigenvalue weighted by molar-refractivity contribution is 0.248. The first-order valence-electron chi connectivity index (χ1n) is 10.8. The summed E-state index contributed by atoms with van der Waals surface area (Å²) in [7, 11) is -3.58. The van der Waals surface area contributed by atoms with Crippen molar-refractivity contribution in [3.63, 3.8) is 0 Å². The van der Waals surface area contributed by atoms with E-state index in [0.29, 0.717) is 17.5 Å². The van der Waals surface area contributed by atoms with Gasteiger partial charge in [0.1, 0.15) is 5.58 Å². The third kappa shape index (κ3) is 6.19. The molecule has 0 spiro atoms. The van der Waals surface area contributed by atoms with E-state index >= 15 is 0 Å². The zero-order chi connectivity index (χ0) is 21.7. The summed E-state index contributed by atoms with van der Waals surface area (Å²) >= 11 is 0. The van der Waals surface area contributed by atoms with Gasteiger partial charge in [0.15, 0.2) is 0 Å². The monoisotopic (exact) mass is 476 g/mol. The van der Waals surface area contributed by atoms with Gasteiger partial charge in [-0.15, -0.1) is 12.4 Å². The number of nitrogens with zero attached hydrogens (tertiary/aromatic N) is 1. The van der Waals surface area contributed by atoms with E-state index in [1.165, 1.54) is 35.4 Å². The summed E-state index contributed by atoms with van der Waals surface area (Å²) in [6, 6.07) is 16.0. The first-order valence-corrected chi connectivity index (χ1v) is 12.3. The van der Waals surface area contributed by atoms with E-state index in [1.54, 1.807) is 6.07 Å². The molecule has 0 unspecified atom stereocenters. The van der Waals surface area contributed by atoms with Crippen LogP contribution in [0.4, 0.5) is 0 Å². The third-order valence-electron chi connectivity index (χ3n) is 5.80. The van der Waals surface area contributed by atoms with Gasteiger partial charge in [-0.3, -0.25) is 4.90 Å². The minimum atomic E-state index is -3.58. The van der Waals surface area contributed by atoms with Crippen LogP contribution in [0.25, 0.3) is 11.0 Å². The molecule has 1 aliphatic heterocycles. The molecule has 8 heteroatoms. The lowest BCUT2D eigenvalue weighted by Crippen LogP contribution is -2.31. The fraction of sp³-hybridized carbons (Fsp3) is 0.375. The predicted octanol–water partition coefficient (Wildman–Crippen LogP) is 4.11. The SMILES string of the molecule is Cl.O=c1ccc2cc(S(=O)(=O)NCCCCCCN3CCc4ccccc4C3)ccc2o1. The molecule has 0 radical (unpaired) electrons. The second-order valence-corrected chi connectivity index (χ2v) is 9.83. The fourth-order valence-corrected chi connectivity index (χ4v) is 5.18. The number of hydrogen-bond acceptors (Lipinski definition) is 5. The number of benzene rings is 2. The number of nitrogens with one attached hydrogen (secondary N) is 1. The van der Waals surface area contributed by atoms with E-state index in [0.717, 1.165) is 51.7 Å². The average Bonchev–Trinajstić information content (AvgIpc) is 2.78. The van der Waals surface area contributed by atoms with Crippen molar-refractivity contribution < 1.29 is 12.8 Å². The predicted molar refractivity (Wildman–Crippen MR) is 129 cm³/mol. The van der Waals surface area contributed by atoms with Crippen LogP contribution in [0.5, 0.6) is 0 Å². The third-order valence-corrected chi connectivity index (χ3v) is 7.26. The fourth-order valence-electron chi connectivity index (χ4n) is 4.07. The molecule has 0 aliphatic carbocycles. The van der Waals surface area contributed by atoms with Gasteiger partial charge in [-0.1, -0.05) is 37.1 Å². The Morgan fingerprint density at radius 3 is 2.56 bits per heavy atom. The van der Waals surface area contributed by atoms with Gasteiger partial charge in [-0.2, -0.15) is 0 Å². The van der Waals surface area contributed by atoms with Crippen LogP contribution in [0.15, 0.2) is 68.7 Å². The van der Waals surface area contributed by atoms with Crippen molar-refractivity contribution >= 4 is 33.4 Å². The minimum absolute atomic E-state index is 0. The van der Waals surface area contributed by atoms with Gasteiger partial charge in [-0.05, 0) is 61.2 Å². The van der Waals surface area contributed by atoms with Crippen LogP contribution in [0.2, 0.25) is 0 Å². The molecule has 4 rings (SSSR count). The molecule has 6 nitrogen and oxygen atoms in total. The number of sulfonamides is 1. The maximum atomic E-state index is 12.5. The van der Waals surface area contributed by atoms with Crippen LogP contribution in [0.3, 0.4) is 0 Å². The Morgan fingerprint density at radius 1 is 0.938 bits per heavy atom. The average molecular weight is 477 g/mol. The first-order chi connectivity index (χ1) is 15.0. The highest BCUT2D eigenvalue weighted by molar-refractivity contribution is 7.89. The van der Waals surface area contributed by atoms with Gasteiger partial charge in [0.2, 0.25) is 10.0 Å². The molecular formula is C24H29ClN2O4S. The molecule has 32 heavy (non-hydrogen) atoms. The quantitative estimate of drug-likeness (QED) is 0.371. The summed E-state index contributed by atoms with van der Waals surface area (Å²) in [4.78, 5) is 13.9. The van der Waals surface area contributed by atoms with Crippen LogP contribution < -0.4 is 10.3 Å². The summed E-state index contributed by atoms with van der Waals surface area (Å²) in [6.45, 7) is 3.66. The minimum Gasteiger partial charge on any atom is -0.423 e. The molecule has 1 N–H and O–H groups in total. The summed E-state index contributed by atoms with van der Waals surface area (Å²) in [5, 5.41) is 0.586. The van der Waals surface area contributed by atoms with Crippen molar-refractivity contribution in [3.8, 4) is 0 Å². The molecule has 0 atom stereocenters. The van der Waals surface area contributed by atoms with Gasteiger partial charge >= 0.3 is 5.63 Å². The van der Waals surface area contributed by atoms with E-state index in [-0.39, 0.29) is 17.3 Å². The molecule has 0 fully saturated rings. The summed E-state index contributed by atoms with van der Waals surface area (Å²) < 4.78 is 32.8. The van der Waals surface area contributed by atoms with Crippen molar-refractivity contribution in [2.24, 2.45) is 0 Å². The number of hydrogen-bond donors (Lipinski definition) is 1. The maximum absolute atomic E-state index is 12.5. The molecule has 1 aliphatic rings. The Balaban J connectivity index is 0.00000289. The van der Waals surface area contributed by atoms with Crippen molar-refractivity contribution in [2.75, 3.05) is 19.6 Å². The van der Waals surface area contributed by atoms with E-state index in [2.05, 4.69) is 33.9 Å². The summed E-state index contributed by atoms with van der Waals surface area (Å²) in [5.41, 5.74) is 2.84. The summed E-state index contributed by atoms with van der Waals surface area (Å²) in [5.74, 6) is 0. The second-order valence-electron chi connectivity index (χ2n) is 8.06. The maximum Gasteiger partial charge on any atom is 0.336 e. The standard InChI is InChI=1S/C24H28N2O4S.ClH/c27-24-12-9-20-17-22(10-11-23(20)30-24)31(28,29)25-14-5-1-2-6-15-26-16-13-19-7-3-4-8-21(19)18-26;/h3-4,7-12,17,25H,1-2,5-6,13-16,18H2;1H. The highest BCUT2D eigenvalue weighted by Gasteiger charge is 2.16. The van der Waals surface area contributed by atoms with Crippen LogP contribution in [0.1, 0.15) is 36.8 Å². The zero-order valence-corrected chi connectivity index (χ0v) is 19.6. The Bertz CT molecular complexity index is 1210. The molecule has 0 amide bonds. The highest BCUT2D eigenvalue weighted by atomic mass is 35.5. The zero-order valence-electron chi connectivity index (χ0n) is 18.0. The topological polar surface area (TPSA) is 79.6 Å². The van der Waals surface area contributed by atoms with E-state index in [4.69, 9.17) is 4.42 Å². The molecule has 172 valence electrons. The Labute approximate surface area is 195 Å². The molecule has 0 saturated heterocycles. The van der Waals surface area contributed by atoms with Crippen LogP contribution in [0, 0.1) is 0 Å². The van der Waals surface area contributed by atoms with Crippen LogP contribution in [-0.4, -0.2) is 33.0 Å². The normalized spacial score (nSPS) is 14.1. The highest BCUT2D eigenvalue weighted by Crippen LogP contribution is 2.19. The van der Waals surface area contributed by atoms with Crippen LogP contribution in [-0.2, 0) is 23.0 Å². The van der Waals surface area contributed by atoms with Gasteiger partial charge in [0.05, 0.1) is 4.90 Å². The number of fused-ring (bicyclic) bond motifs is 2. The van der Waals surface area contributed by atoms with Crippen molar-refractivity contribution in [3.05, 3.63) is 76.1 Å². The lowest BCUT2D eigenvalue weighted by atomic mass is 10.00.